The van der Waals surface area contributed by atoms with Crippen LogP contribution in [0.4, 0.5) is 8.78 Å². The highest BCUT2D eigenvalue weighted by Crippen LogP contribution is 2.30. The Labute approximate surface area is 100 Å². The average molecular weight is 270 g/mol. The number of ether oxygens (including phenoxy) is 1. The molecule has 0 spiro atoms. The van der Waals surface area contributed by atoms with Crippen molar-refractivity contribution in [2.75, 3.05) is 6.61 Å². The first-order chi connectivity index (χ1) is 7.47. The highest BCUT2D eigenvalue weighted by Gasteiger charge is 2.24. The monoisotopic (exact) mass is 269 g/mol. The third kappa shape index (κ3) is 2.80. The molecule has 0 saturated heterocycles. The summed E-state index contributed by atoms with van der Waals surface area (Å²) in [6, 6.07) is 0.893. The van der Waals surface area contributed by atoms with Crippen molar-refractivity contribution in [2.45, 2.75) is 13.3 Å². The van der Waals surface area contributed by atoms with E-state index in [1.54, 1.807) is 6.92 Å². The van der Waals surface area contributed by atoms with Gasteiger partial charge in [-0.1, -0.05) is 23.2 Å². The Hall–Kier alpha value is -0.940. The van der Waals surface area contributed by atoms with Gasteiger partial charge in [0.2, 0.25) is 0 Å². The molecule has 0 aliphatic heterocycles. The van der Waals surface area contributed by atoms with Gasteiger partial charge in [0.05, 0.1) is 6.61 Å². The first-order valence-corrected chi connectivity index (χ1v) is 5.04. The molecule has 1 heterocycles. The highest BCUT2D eigenvalue weighted by molar-refractivity contribution is 6.34. The molecule has 0 N–H and O–H groups in total. The Balaban J connectivity index is 3.29. The van der Waals surface area contributed by atoms with Crippen LogP contribution in [0.1, 0.15) is 29.3 Å². The summed E-state index contributed by atoms with van der Waals surface area (Å²) in [4.78, 5) is 14.9. The molecule has 0 atom stereocenters. The van der Waals surface area contributed by atoms with E-state index in [0.717, 1.165) is 6.07 Å². The van der Waals surface area contributed by atoms with Crippen molar-refractivity contribution in [3.8, 4) is 0 Å². The van der Waals surface area contributed by atoms with Crippen LogP contribution in [-0.4, -0.2) is 17.6 Å². The predicted octanol–water partition coefficient (Wildman–Crippen LogP) is 3.50. The van der Waals surface area contributed by atoms with Gasteiger partial charge in [-0.3, -0.25) is 0 Å². The molecule has 1 aromatic rings. The van der Waals surface area contributed by atoms with E-state index < -0.39 is 23.5 Å². The van der Waals surface area contributed by atoms with Gasteiger partial charge in [-0.2, -0.15) is 0 Å². The fourth-order valence-corrected chi connectivity index (χ4v) is 1.60. The number of carbonyl (C=O) groups excluding carboxylic acids is 1. The summed E-state index contributed by atoms with van der Waals surface area (Å²) in [5.41, 5.74) is -1.02. The number of aromatic nitrogens is 1. The topological polar surface area (TPSA) is 39.2 Å². The molecule has 7 heteroatoms. The molecule has 0 aromatic carbocycles. The highest BCUT2D eigenvalue weighted by atomic mass is 35.5. The fraction of sp³-hybridized carbons (Fsp3) is 0.333. The van der Waals surface area contributed by atoms with Crippen LogP contribution in [0.5, 0.6) is 0 Å². The second-order valence-electron chi connectivity index (χ2n) is 2.72. The molecule has 0 bridgehead atoms. The zero-order valence-electron chi connectivity index (χ0n) is 8.14. The summed E-state index contributed by atoms with van der Waals surface area (Å²) in [5.74, 6) is -0.938. The first kappa shape index (κ1) is 13.1. The molecule has 88 valence electrons. The van der Waals surface area contributed by atoms with Gasteiger partial charge in [-0.25, -0.2) is 18.6 Å². The molecule has 0 radical (unpaired) electrons. The zero-order chi connectivity index (χ0) is 12.3. The number of nitrogens with zero attached hydrogens (tertiary/aromatic N) is 1. The molecule has 16 heavy (non-hydrogen) atoms. The van der Waals surface area contributed by atoms with Gasteiger partial charge in [-0.05, 0) is 13.0 Å². The van der Waals surface area contributed by atoms with Gasteiger partial charge < -0.3 is 4.74 Å². The predicted molar refractivity (Wildman–Crippen MR) is 55.2 cm³/mol. The molecule has 0 fully saturated rings. The molecule has 0 aliphatic carbocycles. The van der Waals surface area contributed by atoms with Gasteiger partial charge in [-0.15, -0.1) is 0 Å². The van der Waals surface area contributed by atoms with E-state index >= 15 is 0 Å². The second kappa shape index (κ2) is 5.41. The van der Waals surface area contributed by atoms with Crippen LogP contribution in [0.15, 0.2) is 6.07 Å². The SMILES string of the molecule is CCOC(=O)c1c(C(F)F)cc(Cl)nc1Cl. The van der Waals surface area contributed by atoms with Crippen molar-refractivity contribution in [2.24, 2.45) is 0 Å². The minimum Gasteiger partial charge on any atom is -0.462 e. The van der Waals surface area contributed by atoms with Crippen molar-refractivity contribution < 1.29 is 18.3 Å². The number of rotatable bonds is 3. The van der Waals surface area contributed by atoms with Crippen LogP contribution in [0.2, 0.25) is 10.3 Å². The maximum atomic E-state index is 12.6. The molecule has 0 amide bonds. The maximum absolute atomic E-state index is 12.6. The van der Waals surface area contributed by atoms with E-state index in [-0.39, 0.29) is 16.9 Å². The molecule has 3 nitrogen and oxygen atoms in total. The van der Waals surface area contributed by atoms with Gasteiger partial charge in [0, 0.05) is 5.56 Å². The Morgan fingerprint density at radius 1 is 1.56 bits per heavy atom. The van der Waals surface area contributed by atoms with Crippen LogP contribution < -0.4 is 0 Å². The van der Waals surface area contributed by atoms with Gasteiger partial charge >= 0.3 is 5.97 Å². The maximum Gasteiger partial charge on any atom is 0.341 e. The molecule has 0 aliphatic rings. The van der Waals surface area contributed by atoms with E-state index in [2.05, 4.69) is 9.72 Å². The van der Waals surface area contributed by atoms with E-state index in [0.29, 0.717) is 0 Å². The molecule has 0 unspecified atom stereocenters. The number of hydrogen-bond acceptors (Lipinski definition) is 3. The molecule has 1 rings (SSSR count). The first-order valence-electron chi connectivity index (χ1n) is 4.28. The van der Waals surface area contributed by atoms with Gasteiger partial charge in [0.1, 0.15) is 15.9 Å². The average Bonchev–Trinajstić information content (AvgIpc) is 2.16. The van der Waals surface area contributed by atoms with E-state index in [4.69, 9.17) is 23.2 Å². The van der Waals surface area contributed by atoms with E-state index in [1.165, 1.54) is 0 Å². The number of halogens is 4. The zero-order valence-corrected chi connectivity index (χ0v) is 9.65. The lowest BCUT2D eigenvalue weighted by Crippen LogP contribution is -2.10. The van der Waals surface area contributed by atoms with E-state index in [9.17, 15) is 13.6 Å². The number of carbonyl (C=O) groups is 1. The molecular formula is C9H7Cl2F2NO2. The number of hydrogen-bond donors (Lipinski definition) is 0. The lowest BCUT2D eigenvalue weighted by Gasteiger charge is -2.09. The van der Waals surface area contributed by atoms with Crippen molar-refractivity contribution in [1.82, 2.24) is 4.98 Å². The summed E-state index contributed by atoms with van der Waals surface area (Å²) >= 11 is 11.0. The fourth-order valence-electron chi connectivity index (χ4n) is 1.08. The van der Waals surface area contributed by atoms with E-state index in [1.807, 2.05) is 0 Å². The summed E-state index contributed by atoms with van der Waals surface area (Å²) in [6.07, 6.45) is -2.88. The smallest absolute Gasteiger partial charge is 0.341 e. The summed E-state index contributed by atoms with van der Waals surface area (Å²) < 4.78 is 29.9. The normalized spacial score (nSPS) is 10.6. The summed E-state index contributed by atoms with van der Waals surface area (Å²) in [5, 5.41) is -0.588. The third-order valence-corrected chi connectivity index (χ3v) is 2.16. The van der Waals surface area contributed by atoms with Crippen LogP contribution in [0, 0.1) is 0 Å². The Morgan fingerprint density at radius 3 is 2.69 bits per heavy atom. The standard InChI is InChI=1S/C9H7Cl2F2NO2/c1-2-16-9(15)6-4(8(12)13)3-5(10)14-7(6)11/h3,8H,2H2,1H3. The second-order valence-corrected chi connectivity index (χ2v) is 3.47. The van der Waals surface area contributed by atoms with Gasteiger partial charge in [0.25, 0.3) is 6.43 Å². The number of esters is 1. The Bertz CT molecular complexity index is 413. The Kier molecular flexibility index (Phi) is 4.44. The molecule has 1 aromatic heterocycles. The summed E-state index contributed by atoms with van der Waals surface area (Å²) in [6.45, 7) is 1.61. The third-order valence-electron chi connectivity index (χ3n) is 1.69. The summed E-state index contributed by atoms with van der Waals surface area (Å²) in [7, 11) is 0. The van der Waals surface area contributed by atoms with Crippen molar-refractivity contribution in [3.05, 3.63) is 27.5 Å². The lowest BCUT2D eigenvalue weighted by atomic mass is 10.1. The van der Waals surface area contributed by atoms with Crippen molar-refractivity contribution >= 4 is 29.2 Å². The molecular weight excluding hydrogens is 263 g/mol. The van der Waals surface area contributed by atoms with Gasteiger partial charge in [0.15, 0.2) is 0 Å². The van der Waals surface area contributed by atoms with Crippen LogP contribution in [-0.2, 0) is 4.74 Å². The lowest BCUT2D eigenvalue weighted by molar-refractivity contribution is 0.0515. The Morgan fingerprint density at radius 2 is 2.19 bits per heavy atom. The van der Waals surface area contributed by atoms with Crippen LogP contribution in [0.3, 0.4) is 0 Å². The minimum atomic E-state index is -2.88. The largest absolute Gasteiger partial charge is 0.462 e. The molecule has 0 saturated carbocycles. The van der Waals surface area contributed by atoms with Crippen LogP contribution >= 0.6 is 23.2 Å². The number of pyridine rings is 1. The van der Waals surface area contributed by atoms with Crippen molar-refractivity contribution in [3.63, 3.8) is 0 Å². The minimum absolute atomic E-state index is 0.0560. The quantitative estimate of drug-likeness (QED) is 0.623. The van der Waals surface area contributed by atoms with Crippen LogP contribution in [0.25, 0.3) is 0 Å². The van der Waals surface area contributed by atoms with Crippen molar-refractivity contribution in [1.29, 1.82) is 0 Å². The number of alkyl halides is 2.